The summed E-state index contributed by atoms with van der Waals surface area (Å²) in [6.07, 6.45) is 1.47. The van der Waals surface area contributed by atoms with Gasteiger partial charge in [-0.3, -0.25) is 5.10 Å². The normalized spacial score (nSPS) is 10.8. The molecule has 3 rings (SSSR count). The highest BCUT2D eigenvalue weighted by Gasteiger charge is 2.07. The summed E-state index contributed by atoms with van der Waals surface area (Å²) >= 11 is 11.9. The first kappa shape index (κ1) is 16.6. The fourth-order valence-electron chi connectivity index (χ4n) is 2.16. The van der Waals surface area contributed by atoms with E-state index in [0.717, 1.165) is 17.8 Å². The van der Waals surface area contributed by atoms with Gasteiger partial charge in [-0.1, -0.05) is 23.2 Å². The Kier molecular flexibility index (Phi) is 5.23. The van der Waals surface area contributed by atoms with E-state index < -0.39 is 0 Å². The van der Waals surface area contributed by atoms with Gasteiger partial charge in [0.15, 0.2) is 5.82 Å². The maximum absolute atomic E-state index is 9.30. The molecular weight excluding hydrogens is 349 g/mol. The van der Waals surface area contributed by atoms with Crippen molar-refractivity contribution >= 4 is 23.2 Å². The predicted molar refractivity (Wildman–Crippen MR) is 93.8 cm³/mol. The van der Waals surface area contributed by atoms with Crippen LogP contribution in [0.15, 0.2) is 42.5 Å². The molecule has 0 spiro atoms. The molecule has 5 nitrogen and oxygen atoms in total. The van der Waals surface area contributed by atoms with Crippen LogP contribution in [-0.4, -0.2) is 26.9 Å². The van der Waals surface area contributed by atoms with Crippen LogP contribution >= 0.6 is 23.2 Å². The van der Waals surface area contributed by atoms with Crippen LogP contribution in [-0.2, 0) is 6.42 Å². The molecule has 0 aliphatic carbocycles. The zero-order valence-corrected chi connectivity index (χ0v) is 14.2. The molecule has 7 heteroatoms. The Balaban J connectivity index is 1.51. The van der Waals surface area contributed by atoms with Gasteiger partial charge in [0, 0.05) is 17.0 Å². The fraction of sp³-hybridized carbons (Fsp3) is 0.176. The average Bonchev–Trinajstić information content (AvgIpc) is 3.03. The molecule has 0 fully saturated rings. The summed E-state index contributed by atoms with van der Waals surface area (Å²) in [6, 6.07) is 11.9. The molecule has 0 radical (unpaired) electrons. The zero-order valence-electron chi connectivity index (χ0n) is 12.7. The Bertz CT molecular complexity index is 819. The highest BCUT2D eigenvalue weighted by molar-refractivity contribution is 6.35. The predicted octanol–water partition coefficient (Wildman–Crippen LogP) is 4.50. The quantitative estimate of drug-likeness (QED) is 0.632. The van der Waals surface area contributed by atoms with Gasteiger partial charge in [-0.15, -0.1) is 0 Å². The minimum atomic E-state index is 0.215. The Hall–Kier alpha value is -2.24. The van der Waals surface area contributed by atoms with Crippen molar-refractivity contribution in [3.63, 3.8) is 0 Å². The van der Waals surface area contributed by atoms with E-state index in [1.54, 1.807) is 42.5 Å². The second kappa shape index (κ2) is 7.55. The number of benzene rings is 2. The van der Waals surface area contributed by atoms with Gasteiger partial charge >= 0.3 is 0 Å². The van der Waals surface area contributed by atoms with E-state index in [0.29, 0.717) is 34.6 Å². The lowest BCUT2D eigenvalue weighted by Crippen LogP contribution is -2.00. The standard InChI is InChI=1S/C17H15Cl2N3O2/c18-12-5-8-15(14(19)10-12)24-9-1-2-16-20-17(22-21-16)11-3-6-13(23)7-4-11/h3-8,10,23H,1-2,9H2,(H,20,21,22). The van der Waals surface area contributed by atoms with Gasteiger partial charge in [-0.25, -0.2) is 4.98 Å². The number of rotatable bonds is 6. The first-order valence-corrected chi connectivity index (χ1v) is 8.16. The van der Waals surface area contributed by atoms with Gasteiger partial charge in [0.1, 0.15) is 17.3 Å². The third-order valence-electron chi connectivity index (χ3n) is 3.37. The molecule has 0 amide bonds. The van der Waals surface area contributed by atoms with Crippen LogP contribution in [0.3, 0.4) is 0 Å². The third-order valence-corrected chi connectivity index (χ3v) is 3.90. The van der Waals surface area contributed by atoms with E-state index >= 15 is 0 Å². The van der Waals surface area contributed by atoms with Gasteiger partial charge in [0.05, 0.1) is 11.6 Å². The molecule has 24 heavy (non-hydrogen) atoms. The molecule has 2 N–H and O–H groups in total. The van der Waals surface area contributed by atoms with Crippen LogP contribution in [0.4, 0.5) is 0 Å². The van der Waals surface area contributed by atoms with Gasteiger partial charge < -0.3 is 9.84 Å². The maximum atomic E-state index is 9.30. The van der Waals surface area contributed by atoms with Crippen molar-refractivity contribution < 1.29 is 9.84 Å². The monoisotopic (exact) mass is 363 g/mol. The molecular formula is C17H15Cl2N3O2. The van der Waals surface area contributed by atoms with Crippen LogP contribution in [0, 0.1) is 0 Å². The van der Waals surface area contributed by atoms with Gasteiger partial charge in [0.2, 0.25) is 0 Å². The number of phenols is 1. The van der Waals surface area contributed by atoms with Crippen molar-refractivity contribution in [1.82, 2.24) is 15.2 Å². The SMILES string of the molecule is Oc1ccc(-c2n[nH]c(CCCOc3ccc(Cl)cc3Cl)n2)cc1. The lowest BCUT2D eigenvalue weighted by atomic mass is 10.2. The second-order valence-electron chi connectivity index (χ2n) is 5.18. The summed E-state index contributed by atoms with van der Waals surface area (Å²) in [5.74, 6) is 2.21. The minimum Gasteiger partial charge on any atom is -0.508 e. The van der Waals surface area contributed by atoms with Crippen molar-refractivity contribution in [2.24, 2.45) is 0 Å². The summed E-state index contributed by atoms with van der Waals surface area (Å²) in [5, 5.41) is 17.5. The number of aromatic amines is 1. The highest BCUT2D eigenvalue weighted by Crippen LogP contribution is 2.27. The lowest BCUT2D eigenvalue weighted by molar-refractivity contribution is 0.310. The minimum absolute atomic E-state index is 0.215. The largest absolute Gasteiger partial charge is 0.508 e. The summed E-state index contributed by atoms with van der Waals surface area (Å²) in [4.78, 5) is 4.44. The number of halogens is 2. The second-order valence-corrected chi connectivity index (χ2v) is 6.02. The number of aromatic nitrogens is 3. The highest BCUT2D eigenvalue weighted by atomic mass is 35.5. The van der Waals surface area contributed by atoms with E-state index in [-0.39, 0.29) is 5.75 Å². The topological polar surface area (TPSA) is 71.0 Å². The number of nitrogens with zero attached hydrogens (tertiary/aromatic N) is 2. The van der Waals surface area contributed by atoms with Gasteiger partial charge in [-0.2, -0.15) is 5.10 Å². The molecule has 124 valence electrons. The molecule has 0 aliphatic heterocycles. The lowest BCUT2D eigenvalue weighted by Gasteiger charge is -2.07. The summed E-state index contributed by atoms with van der Waals surface area (Å²) in [6.45, 7) is 0.511. The number of hydrogen-bond donors (Lipinski definition) is 2. The van der Waals surface area contributed by atoms with Crippen LogP contribution < -0.4 is 4.74 Å². The van der Waals surface area contributed by atoms with Gasteiger partial charge in [0.25, 0.3) is 0 Å². The smallest absolute Gasteiger partial charge is 0.181 e. The average molecular weight is 364 g/mol. The molecule has 0 aliphatic rings. The molecule has 0 saturated heterocycles. The van der Waals surface area contributed by atoms with Crippen molar-refractivity contribution in [2.75, 3.05) is 6.61 Å². The molecule has 0 bridgehead atoms. The van der Waals surface area contributed by atoms with Crippen molar-refractivity contribution in [1.29, 1.82) is 0 Å². The number of nitrogens with one attached hydrogen (secondary N) is 1. The number of aromatic hydroxyl groups is 1. The van der Waals surface area contributed by atoms with Crippen LogP contribution in [0.5, 0.6) is 11.5 Å². The van der Waals surface area contributed by atoms with E-state index in [4.69, 9.17) is 27.9 Å². The van der Waals surface area contributed by atoms with Gasteiger partial charge in [-0.05, 0) is 48.9 Å². The number of phenolic OH excluding ortho intramolecular Hbond substituents is 1. The molecule has 0 saturated carbocycles. The molecule has 3 aromatic rings. The molecule has 1 heterocycles. The Labute approximate surface area is 149 Å². The number of aryl methyl sites for hydroxylation is 1. The maximum Gasteiger partial charge on any atom is 0.181 e. The van der Waals surface area contributed by atoms with E-state index in [2.05, 4.69) is 15.2 Å². The van der Waals surface area contributed by atoms with Crippen molar-refractivity contribution in [3.8, 4) is 22.9 Å². The molecule has 2 aromatic carbocycles. The van der Waals surface area contributed by atoms with E-state index in [1.165, 1.54) is 0 Å². The number of H-pyrrole nitrogens is 1. The fourth-order valence-corrected chi connectivity index (χ4v) is 2.62. The first-order chi connectivity index (χ1) is 11.6. The third kappa shape index (κ3) is 4.19. The number of hydrogen-bond acceptors (Lipinski definition) is 4. The van der Waals surface area contributed by atoms with E-state index in [9.17, 15) is 5.11 Å². The van der Waals surface area contributed by atoms with Crippen LogP contribution in [0.1, 0.15) is 12.2 Å². The zero-order chi connectivity index (χ0) is 16.9. The number of ether oxygens (including phenoxy) is 1. The van der Waals surface area contributed by atoms with Crippen molar-refractivity contribution in [3.05, 3.63) is 58.3 Å². The van der Waals surface area contributed by atoms with Crippen molar-refractivity contribution in [2.45, 2.75) is 12.8 Å². The van der Waals surface area contributed by atoms with E-state index in [1.807, 2.05) is 0 Å². The summed E-state index contributed by atoms with van der Waals surface area (Å²) in [7, 11) is 0. The Morgan fingerprint density at radius 1 is 1.08 bits per heavy atom. The van der Waals surface area contributed by atoms with Crippen LogP contribution in [0.25, 0.3) is 11.4 Å². The summed E-state index contributed by atoms with van der Waals surface area (Å²) < 4.78 is 5.64. The first-order valence-electron chi connectivity index (χ1n) is 7.40. The Morgan fingerprint density at radius 3 is 2.62 bits per heavy atom. The summed E-state index contributed by atoms with van der Waals surface area (Å²) in [5.41, 5.74) is 0.847. The Morgan fingerprint density at radius 2 is 1.88 bits per heavy atom. The molecule has 0 atom stereocenters. The van der Waals surface area contributed by atoms with Crippen LogP contribution in [0.2, 0.25) is 10.0 Å². The molecule has 0 unspecified atom stereocenters. The molecule has 1 aromatic heterocycles.